The van der Waals surface area contributed by atoms with Crippen LogP contribution in [0.3, 0.4) is 0 Å². The lowest BCUT2D eigenvalue weighted by atomic mass is 10.5. The van der Waals surface area contributed by atoms with Gasteiger partial charge in [-0.15, -0.1) is 0 Å². The predicted molar refractivity (Wildman–Crippen MR) is 38.8 cm³/mol. The van der Waals surface area contributed by atoms with Gasteiger partial charge in [-0.25, -0.2) is 0 Å². The lowest BCUT2D eigenvalue weighted by molar-refractivity contribution is -0.107. The van der Waals surface area contributed by atoms with Crippen LogP contribution in [0.2, 0.25) is 0 Å². The Morgan fingerprint density at radius 3 is 3.00 bits per heavy atom. The molecule has 0 fully saturated rings. The summed E-state index contributed by atoms with van der Waals surface area (Å²) >= 11 is 1.58. The summed E-state index contributed by atoms with van der Waals surface area (Å²) in [5.74, 6) is 0. The average Bonchev–Trinajstić information content (AvgIpc) is 2.37. The molecule has 0 atom stereocenters. The zero-order chi connectivity index (χ0) is 6.69. The largest absolute Gasteiger partial charge is 0.317 e. The van der Waals surface area contributed by atoms with Gasteiger partial charge in [0.2, 0.25) is 6.41 Å². The van der Waals surface area contributed by atoms with Gasteiger partial charge < -0.3 is 4.90 Å². The summed E-state index contributed by atoms with van der Waals surface area (Å²) in [6.45, 7) is 0. The highest BCUT2D eigenvalue weighted by Gasteiger charge is 1.95. The Balaban J connectivity index is 2.76. The summed E-state index contributed by atoms with van der Waals surface area (Å²) in [4.78, 5) is 11.7. The van der Waals surface area contributed by atoms with Gasteiger partial charge in [0.25, 0.3) is 0 Å². The molecule has 1 amide bonds. The van der Waals surface area contributed by atoms with Crippen LogP contribution in [0.5, 0.6) is 0 Å². The first-order valence-electron chi connectivity index (χ1n) is 2.55. The standard InChI is InChI=1S/C6H7NOS/c1-7(5-8)6-2-3-9-4-6/h2-5H,1H3. The second kappa shape index (κ2) is 2.64. The quantitative estimate of drug-likeness (QED) is 0.569. The summed E-state index contributed by atoms with van der Waals surface area (Å²) < 4.78 is 0. The first-order chi connectivity index (χ1) is 4.34. The maximum Gasteiger partial charge on any atom is 0.213 e. The Kier molecular flexibility index (Phi) is 1.85. The van der Waals surface area contributed by atoms with Gasteiger partial charge in [-0.3, -0.25) is 4.79 Å². The molecule has 2 nitrogen and oxygen atoms in total. The molecule has 0 bridgehead atoms. The second-order valence-corrected chi connectivity index (χ2v) is 2.48. The molecule has 48 valence electrons. The van der Waals surface area contributed by atoms with E-state index in [1.165, 1.54) is 4.90 Å². The van der Waals surface area contributed by atoms with Crippen LogP contribution < -0.4 is 4.90 Å². The van der Waals surface area contributed by atoms with E-state index < -0.39 is 0 Å². The fourth-order valence-electron chi connectivity index (χ4n) is 0.519. The van der Waals surface area contributed by atoms with Crippen LogP contribution in [-0.4, -0.2) is 13.5 Å². The third-order valence-corrected chi connectivity index (χ3v) is 1.74. The van der Waals surface area contributed by atoms with Gasteiger partial charge in [-0.2, -0.15) is 11.3 Å². The Hall–Kier alpha value is -0.830. The van der Waals surface area contributed by atoms with Gasteiger partial charge in [0, 0.05) is 12.4 Å². The Labute approximate surface area is 57.7 Å². The number of nitrogens with zero attached hydrogens (tertiary/aromatic N) is 1. The number of anilines is 1. The van der Waals surface area contributed by atoms with Crippen molar-refractivity contribution >= 4 is 23.4 Å². The molecule has 0 aliphatic rings. The van der Waals surface area contributed by atoms with Crippen molar-refractivity contribution in [1.29, 1.82) is 0 Å². The van der Waals surface area contributed by atoms with E-state index in [4.69, 9.17) is 0 Å². The van der Waals surface area contributed by atoms with E-state index in [9.17, 15) is 4.79 Å². The van der Waals surface area contributed by atoms with Crippen LogP contribution in [0.1, 0.15) is 0 Å². The van der Waals surface area contributed by atoms with Crippen LogP contribution in [0.25, 0.3) is 0 Å². The van der Waals surface area contributed by atoms with Crippen LogP contribution in [0.15, 0.2) is 16.8 Å². The Bertz CT molecular complexity index is 183. The van der Waals surface area contributed by atoms with Gasteiger partial charge in [-0.1, -0.05) is 0 Å². The summed E-state index contributed by atoms with van der Waals surface area (Å²) in [5, 5.41) is 3.86. The summed E-state index contributed by atoms with van der Waals surface area (Å²) in [5.41, 5.74) is 0.954. The molecule has 0 aliphatic heterocycles. The first kappa shape index (κ1) is 6.29. The third-order valence-electron chi connectivity index (χ3n) is 1.07. The average molecular weight is 141 g/mol. The minimum Gasteiger partial charge on any atom is -0.317 e. The van der Waals surface area contributed by atoms with Crippen molar-refractivity contribution in [2.75, 3.05) is 11.9 Å². The Morgan fingerprint density at radius 1 is 1.78 bits per heavy atom. The topological polar surface area (TPSA) is 20.3 Å². The molecule has 0 saturated heterocycles. The van der Waals surface area contributed by atoms with Gasteiger partial charge in [0.1, 0.15) is 0 Å². The van der Waals surface area contributed by atoms with Crippen LogP contribution >= 0.6 is 11.3 Å². The van der Waals surface area contributed by atoms with E-state index >= 15 is 0 Å². The molecule has 3 heteroatoms. The van der Waals surface area contributed by atoms with Crippen LogP contribution in [0.4, 0.5) is 5.69 Å². The van der Waals surface area contributed by atoms with Crippen LogP contribution in [0, 0.1) is 0 Å². The smallest absolute Gasteiger partial charge is 0.213 e. The zero-order valence-corrected chi connectivity index (χ0v) is 5.89. The van der Waals surface area contributed by atoms with Crippen molar-refractivity contribution < 1.29 is 4.79 Å². The fraction of sp³-hybridized carbons (Fsp3) is 0.167. The minimum absolute atomic E-state index is 0.794. The second-order valence-electron chi connectivity index (χ2n) is 1.70. The number of amides is 1. The monoisotopic (exact) mass is 141 g/mol. The van der Waals surface area contributed by atoms with Crippen LogP contribution in [-0.2, 0) is 4.79 Å². The highest BCUT2D eigenvalue weighted by Crippen LogP contribution is 2.14. The van der Waals surface area contributed by atoms with Gasteiger partial charge in [0.05, 0.1) is 5.69 Å². The molecule has 0 aromatic carbocycles. The number of rotatable bonds is 2. The number of hydrogen-bond donors (Lipinski definition) is 0. The molecule has 0 aliphatic carbocycles. The molecular formula is C6H7NOS. The molecule has 9 heavy (non-hydrogen) atoms. The molecule has 1 aromatic rings. The molecule has 0 spiro atoms. The van der Waals surface area contributed by atoms with E-state index in [0.717, 1.165) is 12.1 Å². The van der Waals surface area contributed by atoms with E-state index in [-0.39, 0.29) is 0 Å². The SMILES string of the molecule is CN(C=O)c1ccsc1. The van der Waals surface area contributed by atoms with Gasteiger partial charge in [-0.05, 0) is 11.4 Å². The summed E-state index contributed by atoms with van der Waals surface area (Å²) in [6, 6.07) is 1.90. The molecule has 1 heterocycles. The van der Waals surface area contributed by atoms with Gasteiger partial charge >= 0.3 is 0 Å². The molecule has 1 rings (SSSR count). The summed E-state index contributed by atoms with van der Waals surface area (Å²) in [6.07, 6.45) is 0.794. The Morgan fingerprint density at radius 2 is 2.56 bits per heavy atom. The summed E-state index contributed by atoms with van der Waals surface area (Å²) in [7, 11) is 1.73. The normalized spacial score (nSPS) is 9.00. The highest BCUT2D eigenvalue weighted by molar-refractivity contribution is 7.08. The number of carbonyl (C=O) groups excluding carboxylic acids is 1. The number of hydrogen-bond acceptors (Lipinski definition) is 2. The van der Waals surface area contributed by atoms with Gasteiger partial charge in [0.15, 0.2) is 0 Å². The highest BCUT2D eigenvalue weighted by atomic mass is 32.1. The van der Waals surface area contributed by atoms with Crippen molar-refractivity contribution in [3.63, 3.8) is 0 Å². The molecule has 1 aromatic heterocycles. The molecule has 0 unspecified atom stereocenters. The van der Waals surface area contributed by atoms with E-state index in [0.29, 0.717) is 0 Å². The maximum atomic E-state index is 10.1. The molecule has 0 radical (unpaired) electrons. The fourth-order valence-corrected chi connectivity index (χ4v) is 1.20. The minimum atomic E-state index is 0.794. The van der Waals surface area contributed by atoms with Crippen molar-refractivity contribution in [3.05, 3.63) is 16.8 Å². The van der Waals surface area contributed by atoms with Crippen molar-refractivity contribution in [1.82, 2.24) is 0 Å². The lowest BCUT2D eigenvalue weighted by Crippen LogP contribution is -2.12. The zero-order valence-electron chi connectivity index (χ0n) is 5.07. The van der Waals surface area contributed by atoms with E-state index in [2.05, 4.69) is 0 Å². The third kappa shape index (κ3) is 1.29. The maximum absolute atomic E-state index is 10.1. The first-order valence-corrected chi connectivity index (χ1v) is 3.49. The molecular weight excluding hydrogens is 134 g/mol. The lowest BCUT2D eigenvalue weighted by Gasteiger charge is -2.04. The van der Waals surface area contributed by atoms with E-state index in [1.54, 1.807) is 18.4 Å². The number of carbonyl (C=O) groups is 1. The van der Waals surface area contributed by atoms with Crippen molar-refractivity contribution in [2.24, 2.45) is 0 Å². The van der Waals surface area contributed by atoms with Crippen molar-refractivity contribution in [2.45, 2.75) is 0 Å². The van der Waals surface area contributed by atoms with E-state index in [1.807, 2.05) is 16.8 Å². The predicted octanol–water partition coefficient (Wildman–Crippen LogP) is 1.34. The molecule has 0 N–H and O–H groups in total. The molecule has 0 saturated carbocycles. The van der Waals surface area contributed by atoms with Crippen molar-refractivity contribution in [3.8, 4) is 0 Å². The number of thiophene rings is 1.